The fourth-order valence-corrected chi connectivity index (χ4v) is 2.60. The predicted octanol–water partition coefficient (Wildman–Crippen LogP) is 0.851. The first-order valence-corrected chi connectivity index (χ1v) is 7.26. The van der Waals surface area contributed by atoms with Gasteiger partial charge in [0.1, 0.15) is 18.7 Å². The van der Waals surface area contributed by atoms with Gasteiger partial charge in [-0.2, -0.15) is 4.99 Å². The zero-order chi connectivity index (χ0) is 15.4. The van der Waals surface area contributed by atoms with Gasteiger partial charge in [-0.25, -0.2) is 9.07 Å². The molecule has 2 aromatic heterocycles. The summed E-state index contributed by atoms with van der Waals surface area (Å²) in [6.07, 6.45) is 3.11. The highest BCUT2D eigenvalue weighted by Crippen LogP contribution is 2.08. The minimum atomic E-state index is -0.378. The van der Waals surface area contributed by atoms with Gasteiger partial charge in [0.2, 0.25) is 0 Å². The van der Waals surface area contributed by atoms with Gasteiger partial charge in [-0.05, 0) is 16.5 Å². The highest BCUT2D eigenvalue weighted by Gasteiger charge is 2.06. The smallest absolute Gasteiger partial charge is 0.270 e. The second-order valence-electron chi connectivity index (χ2n) is 4.42. The molecule has 0 saturated carbocycles. The number of amides is 1. The molecule has 22 heavy (non-hydrogen) atoms. The summed E-state index contributed by atoms with van der Waals surface area (Å²) < 4.78 is 16.7. The fourth-order valence-electron chi connectivity index (χ4n) is 1.85. The minimum Gasteiger partial charge on any atom is -0.319 e. The maximum absolute atomic E-state index is 13.7. The van der Waals surface area contributed by atoms with Crippen molar-refractivity contribution in [1.29, 1.82) is 0 Å². The summed E-state index contributed by atoms with van der Waals surface area (Å²) in [5.41, 5.74) is 0.537. The van der Waals surface area contributed by atoms with E-state index in [-0.39, 0.29) is 18.3 Å². The third-order valence-electron chi connectivity index (χ3n) is 2.87. The average molecular weight is 318 g/mol. The molecule has 1 aromatic carbocycles. The molecule has 0 N–H and O–H groups in total. The van der Waals surface area contributed by atoms with Gasteiger partial charge < -0.3 is 4.57 Å². The van der Waals surface area contributed by atoms with E-state index in [0.717, 1.165) is 0 Å². The molecule has 3 aromatic rings. The van der Waals surface area contributed by atoms with E-state index in [1.54, 1.807) is 34.3 Å². The summed E-state index contributed by atoms with van der Waals surface area (Å²) >= 11 is 1.31. The molecular weight excluding hydrogens is 307 g/mol. The van der Waals surface area contributed by atoms with Gasteiger partial charge in [0.25, 0.3) is 5.91 Å². The largest absolute Gasteiger partial charge is 0.319 e. The Morgan fingerprint density at radius 1 is 1.36 bits per heavy atom. The number of tetrazole rings is 1. The van der Waals surface area contributed by atoms with Gasteiger partial charge in [0, 0.05) is 17.1 Å². The predicted molar refractivity (Wildman–Crippen MR) is 76.2 cm³/mol. The van der Waals surface area contributed by atoms with Gasteiger partial charge in [-0.15, -0.1) is 16.4 Å². The van der Waals surface area contributed by atoms with Crippen molar-refractivity contribution in [2.24, 2.45) is 4.99 Å². The normalized spacial score (nSPS) is 11.8. The number of aromatic nitrogens is 5. The summed E-state index contributed by atoms with van der Waals surface area (Å²) in [6, 6.07) is 6.51. The standard InChI is InChI=1S/C13H11FN6OS/c14-11-4-2-1-3-10(11)7-19-5-6-22-13(19)16-12(21)8-20-9-15-17-18-20/h1-6,9H,7-8H2. The highest BCUT2D eigenvalue weighted by atomic mass is 32.1. The maximum Gasteiger partial charge on any atom is 0.270 e. The lowest BCUT2D eigenvalue weighted by Gasteiger charge is -2.04. The van der Waals surface area contributed by atoms with E-state index in [9.17, 15) is 9.18 Å². The molecule has 9 heteroatoms. The van der Waals surface area contributed by atoms with Crippen LogP contribution in [0.1, 0.15) is 5.56 Å². The highest BCUT2D eigenvalue weighted by molar-refractivity contribution is 7.07. The zero-order valence-electron chi connectivity index (χ0n) is 11.3. The first-order chi connectivity index (χ1) is 10.7. The van der Waals surface area contributed by atoms with Crippen LogP contribution in [0.2, 0.25) is 0 Å². The van der Waals surface area contributed by atoms with Gasteiger partial charge in [0.05, 0.1) is 6.54 Å². The lowest BCUT2D eigenvalue weighted by Crippen LogP contribution is -2.19. The summed E-state index contributed by atoms with van der Waals surface area (Å²) in [5.74, 6) is -0.663. The molecule has 0 bridgehead atoms. The number of carbonyl (C=O) groups is 1. The molecule has 0 aliphatic heterocycles. The number of hydrogen-bond donors (Lipinski definition) is 0. The van der Waals surface area contributed by atoms with E-state index in [2.05, 4.69) is 20.5 Å². The van der Waals surface area contributed by atoms with Crippen molar-refractivity contribution in [1.82, 2.24) is 24.8 Å². The fraction of sp³-hybridized carbons (Fsp3) is 0.154. The second kappa shape index (κ2) is 6.39. The Bertz CT molecular complexity index is 838. The molecule has 112 valence electrons. The van der Waals surface area contributed by atoms with Gasteiger partial charge in [0.15, 0.2) is 4.80 Å². The van der Waals surface area contributed by atoms with Crippen molar-refractivity contribution >= 4 is 17.2 Å². The Hall–Kier alpha value is -2.68. The lowest BCUT2D eigenvalue weighted by molar-refractivity contribution is -0.118. The Morgan fingerprint density at radius 2 is 2.23 bits per heavy atom. The number of halogens is 1. The first-order valence-electron chi connectivity index (χ1n) is 6.38. The number of benzene rings is 1. The van der Waals surface area contributed by atoms with Crippen molar-refractivity contribution in [3.63, 3.8) is 0 Å². The van der Waals surface area contributed by atoms with E-state index in [1.165, 1.54) is 28.4 Å². The Balaban J connectivity index is 1.81. The third-order valence-corrected chi connectivity index (χ3v) is 3.66. The van der Waals surface area contributed by atoms with E-state index in [0.29, 0.717) is 16.9 Å². The van der Waals surface area contributed by atoms with Crippen LogP contribution >= 0.6 is 11.3 Å². The quantitative estimate of drug-likeness (QED) is 0.714. The number of carbonyl (C=O) groups excluding carboxylic acids is 1. The number of rotatable bonds is 4. The molecule has 0 unspecified atom stereocenters. The molecule has 0 aliphatic rings. The van der Waals surface area contributed by atoms with Crippen molar-refractivity contribution < 1.29 is 9.18 Å². The molecule has 2 heterocycles. The van der Waals surface area contributed by atoms with Crippen LogP contribution in [-0.4, -0.2) is 30.7 Å². The van der Waals surface area contributed by atoms with E-state index < -0.39 is 0 Å². The van der Waals surface area contributed by atoms with Crippen LogP contribution in [0, 0.1) is 5.82 Å². The molecule has 0 radical (unpaired) electrons. The van der Waals surface area contributed by atoms with Gasteiger partial charge in [-0.3, -0.25) is 4.79 Å². The van der Waals surface area contributed by atoms with Crippen molar-refractivity contribution in [3.8, 4) is 0 Å². The first kappa shape index (κ1) is 14.3. The molecule has 0 spiro atoms. The Morgan fingerprint density at radius 3 is 3.00 bits per heavy atom. The summed E-state index contributed by atoms with van der Waals surface area (Å²) in [7, 11) is 0. The van der Waals surface area contributed by atoms with Gasteiger partial charge >= 0.3 is 0 Å². The third kappa shape index (κ3) is 3.31. The molecule has 0 fully saturated rings. The number of thiazole rings is 1. The summed E-state index contributed by atoms with van der Waals surface area (Å²) in [4.78, 5) is 16.4. The van der Waals surface area contributed by atoms with Crippen LogP contribution in [0.25, 0.3) is 0 Å². The van der Waals surface area contributed by atoms with Crippen LogP contribution in [0.3, 0.4) is 0 Å². The maximum atomic E-state index is 13.7. The SMILES string of the molecule is O=C(Cn1cnnn1)N=c1sccn1Cc1ccccc1F. The summed E-state index contributed by atoms with van der Waals surface area (Å²) in [5, 5.41) is 12.3. The van der Waals surface area contributed by atoms with Crippen molar-refractivity contribution in [2.45, 2.75) is 13.1 Å². The van der Waals surface area contributed by atoms with Crippen LogP contribution in [-0.2, 0) is 17.9 Å². The number of nitrogens with zero attached hydrogens (tertiary/aromatic N) is 6. The molecule has 0 saturated heterocycles. The molecular formula is C13H11FN6OS. The second-order valence-corrected chi connectivity index (χ2v) is 5.29. The summed E-state index contributed by atoms with van der Waals surface area (Å²) in [6.45, 7) is 0.276. The van der Waals surface area contributed by atoms with E-state index >= 15 is 0 Å². The van der Waals surface area contributed by atoms with Gasteiger partial charge in [-0.1, -0.05) is 18.2 Å². The Kier molecular flexibility index (Phi) is 4.15. The zero-order valence-corrected chi connectivity index (χ0v) is 12.1. The van der Waals surface area contributed by atoms with E-state index in [1.807, 2.05) is 0 Å². The van der Waals surface area contributed by atoms with Crippen molar-refractivity contribution in [2.75, 3.05) is 0 Å². The van der Waals surface area contributed by atoms with Crippen molar-refractivity contribution in [3.05, 3.63) is 58.4 Å². The molecule has 1 amide bonds. The Labute approximate surface area is 128 Å². The van der Waals surface area contributed by atoms with Crippen LogP contribution in [0.15, 0.2) is 47.2 Å². The van der Waals surface area contributed by atoms with Crippen LogP contribution in [0.4, 0.5) is 4.39 Å². The van der Waals surface area contributed by atoms with E-state index in [4.69, 9.17) is 0 Å². The molecule has 0 aliphatic carbocycles. The molecule has 0 atom stereocenters. The monoisotopic (exact) mass is 318 g/mol. The van der Waals surface area contributed by atoms with Crippen LogP contribution in [0.5, 0.6) is 0 Å². The topological polar surface area (TPSA) is 78.0 Å². The number of hydrogen-bond acceptors (Lipinski definition) is 5. The molecule has 7 nitrogen and oxygen atoms in total. The molecule has 3 rings (SSSR count). The van der Waals surface area contributed by atoms with Crippen LogP contribution < -0.4 is 4.80 Å². The minimum absolute atomic E-state index is 0.0371. The average Bonchev–Trinajstić information content (AvgIpc) is 3.14. The lowest BCUT2D eigenvalue weighted by atomic mass is 10.2.